The van der Waals surface area contributed by atoms with Gasteiger partial charge in [-0.15, -0.1) is 0 Å². The summed E-state index contributed by atoms with van der Waals surface area (Å²) in [7, 11) is 0. The number of nitrogens with zero attached hydrogens (tertiary/aromatic N) is 4. The van der Waals surface area contributed by atoms with E-state index < -0.39 is 0 Å². The van der Waals surface area contributed by atoms with Crippen LogP contribution < -0.4 is 0 Å². The van der Waals surface area contributed by atoms with E-state index in [-0.39, 0.29) is 0 Å². The highest BCUT2D eigenvalue weighted by Gasteiger charge is 2.19. The average molecular weight is 829 g/mol. The van der Waals surface area contributed by atoms with Crippen molar-refractivity contribution < 1.29 is 4.42 Å². The molecule has 302 valence electrons. The Morgan fingerprint density at radius 2 is 0.800 bits per heavy atom. The fourth-order valence-corrected chi connectivity index (χ4v) is 9.35. The van der Waals surface area contributed by atoms with Crippen molar-refractivity contribution in [2.24, 2.45) is 0 Å². The molecule has 0 aliphatic rings. The molecule has 0 atom stereocenters. The van der Waals surface area contributed by atoms with Crippen molar-refractivity contribution in [3.8, 4) is 67.5 Å². The monoisotopic (exact) mass is 828 g/mol. The maximum Gasteiger partial charge on any atom is 0.167 e. The van der Waals surface area contributed by atoms with E-state index in [1.807, 2.05) is 36.5 Å². The second-order valence-electron chi connectivity index (χ2n) is 16.7. The molecule has 0 aliphatic heterocycles. The maximum atomic E-state index is 6.57. The first kappa shape index (κ1) is 36.8. The number of para-hydroxylation sites is 2. The fourth-order valence-electron chi connectivity index (χ4n) is 9.35. The molecule has 13 aromatic rings. The largest absolute Gasteiger partial charge is 0.455 e. The Bertz CT molecular complexity index is 3870. The Kier molecular flexibility index (Phi) is 8.46. The van der Waals surface area contributed by atoms with Crippen LogP contribution in [0.2, 0.25) is 0 Å². The number of furan rings is 1. The molecular formula is C60H36N4O. The Morgan fingerprint density at radius 3 is 1.43 bits per heavy atom. The van der Waals surface area contributed by atoms with Gasteiger partial charge in [-0.1, -0.05) is 133 Å². The quantitative estimate of drug-likeness (QED) is 0.156. The van der Waals surface area contributed by atoms with Crippen molar-refractivity contribution >= 4 is 65.0 Å². The molecule has 65 heavy (non-hydrogen) atoms. The lowest BCUT2D eigenvalue weighted by atomic mass is 9.92. The summed E-state index contributed by atoms with van der Waals surface area (Å²) in [6, 6.07) is 73.1. The average Bonchev–Trinajstić information content (AvgIpc) is 3.76. The normalized spacial score (nSPS) is 11.7. The Morgan fingerprint density at radius 1 is 0.292 bits per heavy atom. The van der Waals surface area contributed by atoms with E-state index in [0.29, 0.717) is 17.5 Å². The summed E-state index contributed by atoms with van der Waals surface area (Å²) < 4.78 is 6.57. The van der Waals surface area contributed by atoms with Crippen LogP contribution in [-0.2, 0) is 0 Å². The third kappa shape index (κ3) is 6.57. The van der Waals surface area contributed by atoms with Gasteiger partial charge in [0, 0.05) is 34.3 Å². The number of hydrogen-bond acceptors (Lipinski definition) is 5. The number of fused-ring (bicyclic) bond motifs is 7. The van der Waals surface area contributed by atoms with Crippen LogP contribution in [0, 0.1) is 0 Å². The molecule has 10 aromatic carbocycles. The first-order chi connectivity index (χ1) is 32.1. The topological polar surface area (TPSA) is 64.7 Å². The summed E-state index contributed by atoms with van der Waals surface area (Å²) in [5, 5.41) is 11.7. The van der Waals surface area contributed by atoms with Crippen LogP contribution in [-0.4, -0.2) is 19.9 Å². The summed E-state index contributed by atoms with van der Waals surface area (Å²) in [5.41, 5.74) is 10.6. The van der Waals surface area contributed by atoms with Gasteiger partial charge in [-0.2, -0.15) is 0 Å². The fraction of sp³-hybridized carbons (Fsp3) is 0. The summed E-state index contributed by atoms with van der Waals surface area (Å²) >= 11 is 0. The van der Waals surface area contributed by atoms with Gasteiger partial charge in [0.05, 0.1) is 5.56 Å². The van der Waals surface area contributed by atoms with Crippen molar-refractivity contribution in [3.63, 3.8) is 0 Å². The van der Waals surface area contributed by atoms with Gasteiger partial charge in [0.25, 0.3) is 0 Å². The van der Waals surface area contributed by atoms with Crippen molar-refractivity contribution in [2.45, 2.75) is 0 Å². The van der Waals surface area contributed by atoms with E-state index in [9.17, 15) is 0 Å². The maximum absolute atomic E-state index is 6.57. The molecule has 0 saturated carbocycles. The highest BCUT2D eigenvalue weighted by molar-refractivity contribution is 6.09. The molecule has 3 heterocycles. The van der Waals surface area contributed by atoms with Crippen LogP contribution in [0.3, 0.4) is 0 Å². The van der Waals surface area contributed by atoms with E-state index in [0.717, 1.165) is 72.0 Å². The molecule has 0 aliphatic carbocycles. The standard InChI is InChI=1S/C60H36N4O/c1-3-11-41-29-48-31-45(24-22-43(48)27-39(41)9-1)50-33-51(46-25-23-44-28-40-10-2-4-12-42(40)30-49(44)32-46)35-52(34-50)59-62-58(38-20-18-37(19-21-38)47-13-8-26-61-36-47)63-60(64-59)55-16-7-15-54-53-14-5-6-17-56(53)65-57(54)55/h1-36H. The van der Waals surface area contributed by atoms with Crippen LogP contribution >= 0.6 is 0 Å². The second kappa shape index (κ2) is 14.9. The van der Waals surface area contributed by atoms with E-state index in [1.54, 1.807) is 6.20 Å². The summed E-state index contributed by atoms with van der Waals surface area (Å²) in [6.07, 6.45) is 3.67. The highest BCUT2D eigenvalue weighted by Crippen LogP contribution is 2.39. The zero-order chi connectivity index (χ0) is 42.8. The van der Waals surface area contributed by atoms with Crippen molar-refractivity contribution in [2.75, 3.05) is 0 Å². The van der Waals surface area contributed by atoms with Crippen LogP contribution in [0.4, 0.5) is 0 Å². The minimum absolute atomic E-state index is 0.535. The highest BCUT2D eigenvalue weighted by atomic mass is 16.3. The lowest BCUT2D eigenvalue weighted by Gasteiger charge is -2.14. The van der Waals surface area contributed by atoms with Crippen LogP contribution in [0.15, 0.2) is 223 Å². The molecule has 13 rings (SSSR count). The Balaban J connectivity index is 1.03. The lowest BCUT2D eigenvalue weighted by Crippen LogP contribution is -2.01. The lowest BCUT2D eigenvalue weighted by molar-refractivity contribution is 0.669. The SMILES string of the molecule is c1cncc(-c2ccc(-c3nc(-c4cc(-c5ccc6cc7ccccc7cc6c5)cc(-c5ccc6cc7ccccc7cc6c5)c4)nc(-c4cccc5c4oc4ccccc45)n3)cc2)c1. The number of hydrogen-bond donors (Lipinski definition) is 0. The zero-order valence-corrected chi connectivity index (χ0v) is 35.0. The van der Waals surface area contributed by atoms with Crippen LogP contribution in [0.5, 0.6) is 0 Å². The smallest absolute Gasteiger partial charge is 0.167 e. The molecule has 0 amide bonds. The van der Waals surface area contributed by atoms with Gasteiger partial charge in [-0.25, -0.2) is 15.0 Å². The van der Waals surface area contributed by atoms with Gasteiger partial charge in [-0.05, 0) is 149 Å². The van der Waals surface area contributed by atoms with Crippen molar-refractivity contribution in [1.82, 2.24) is 19.9 Å². The predicted molar refractivity (Wildman–Crippen MR) is 268 cm³/mol. The molecule has 0 spiro atoms. The first-order valence-electron chi connectivity index (χ1n) is 21.8. The molecule has 5 heteroatoms. The molecule has 3 aromatic heterocycles. The van der Waals surface area contributed by atoms with E-state index in [1.165, 1.54) is 43.1 Å². The van der Waals surface area contributed by atoms with E-state index in [2.05, 4.69) is 181 Å². The minimum Gasteiger partial charge on any atom is -0.455 e. The number of benzene rings is 10. The summed E-state index contributed by atoms with van der Waals surface area (Å²) in [5.74, 6) is 1.67. The van der Waals surface area contributed by atoms with E-state index in [4.69, 9.17) is 19.4 Å². The van der Waals surface area contributed by atoms with Gasteiger partial charge in [0.1, 0.15) is 11.2 Å². The molecule has 0 N–H and O–H groups in total. The van der Waals surface area contributed by atoms with Gasteiger partial charge in [0.2, 0.25) is 0 Å². The van der Waals surface area contributed by atoms with Crippen molar-refractivity contribution in [1.29, 1.82) is 0 Å². The van der Waals surface area contributed by atoms with Gasteiger partial charge < -0.3 is 4.42 Å². The van der Waals surface area contributed by atoms with Gasteiger partial charge in [0.15, 0.2) is 17.5 Å². The minimum atomic E-state index is 0.535. The Hall–Kier alpha value is -8.80. The molecule has 0 unspecified atom stereocenters. The number of pyridine rings is 1. The zero-order valence-electron chi connectivity index (χ0n) is 35.0. The van der Waals surface area contributed by atoms with Crippen molar-refractivity contribution in [3.05, 3.63) is 219 Å². The van der Waals surface area contributed by atoms with Gasteiger partial charge >= 0.3 is 0 Å². The third-order valence-corrected chi connectivity index (χ3v) is 12.7. The van der Waals surface area contributed by atoms with Crippen LogP contribution in [0.1, 0.15) is 0 Å². The molecule has 0 fully saturated rings. The van der Waals surface area contributed by atoms with Crippen LogP contribution in [0.25, 0.3) is 133 Å². The molecular weight excluding hydrogens is 793 g/mol. The third-order valence-electron chi connectivity index (χ3n) is 12.7. The summed E-state index contributed by atoms with van der Waals surface area (Å²) in [6.45, 7) is 0. The summed E-state index contributed by atoms with van der Waals surface area (Å²) in [4.78, 5) is 20.2. The molecule has 0 saturated heterocycles. The molecule has 5 nitrogen and oxygen atoms in total. The second-order valence-corrected chi connectivity index (χ2v) is 16.7. The Labute approximate surface area is 374 Å². The number of rotatable bonds is 6. The van der Waals surface area contributed by atoms with E-state index >= 15 is 0 Å². The van der Waals surface area contributed by atoms with Gasteiger partial charge in [-0.3, -0.25) is 4.98 Å². The molecule has 0 radical (unpaired) electrons. The molecule has 0 bridgehead atoms. The first-order valence-corrected chi connectivity index (χ1v) is 21.8. The predicted octanol–water partition coefficient (Wildman–Crippen LogP) is 15.8. The number of aromatic nitrogens is 4.